The van der Waals surface area contributed by atoms with Crippen molar-refractivity contribution in [2.75, 3.05) is 13.2 Å². The zero-order valence-electron chi connectivity index (χ0n) is 18.3. The van der Waals surface area contributed by atoms with Gasteiger partial charge in [-0.25, -0.2) is 22.8 Å². The van der Waals surface area contributed by atoms with Crippen LogP contribution in [-0.4, -0.2) is 47.3 Å². The summed E-state index contributed by atoms with van der Waals surface area (Å²) in [5.41, 5.74) is 2.47. The third kappa shape index (κ3) is 5.97. The van der Waals surface area contributed by atoms with Gasteiger partial charge in [0.1, 0.15) is 0 Å². The third-order valence-electron chi connectivity index (χ3n) is 5.05. The average molecular weight is 492 g/mol. The fourth-order valence-electron chi connectivity index (χ4n) is 3.36. The van der Waals surface area contributed by atoms with Gasteiger partial charge in [0.2, 0.25) is 0 Å². The van der Waals surface area contributed by atoms with E-state index in [0.717, 1.165) is 12.1 Å². The largest absolute Gasteiger partial charge is 0.395 e. The van der Waals surface area contributed by atoms with E-state index in [2.05, 4.69) is 20.1 Å². The highest BCUT2D eigenvalue weighted by atomic mass is 35.5. The maximum absolute atomic E-state index is 13.1. The topological polar surface area (TPSA) is 126 Å². The Hall–Kier alpha value is -2.79. The van der Waals surface area contributed by atoms with E-state index in [-0.39, 0.29) is 24.1 Å². The Morgan fingerprint density at radius 3 is 2.64 bits per heavy atom. The summed E-state index contributed by atoms with van der Waals surface area (Å²) in [7, 11) is -3.87. The van der Waals surface area contributed by atoms with Crippen LogP contribution in [0, 0.1) is 6.92 Å². The standard InChI is InChI=1S/C22H26ClN5O4S/c1-3-4-20(16-9-10-24-21(13-16)33(31,32)26-11-12-29)27-22(30)19-14-25-28(15(19)2)18-7-5-17(23)6-8-18/h5-10,13-14,20,26,29H,3-4,11-12H2,1-2H3,(H,27,30). The lowest BCUT2D eigenvalue weighted by atomic mass is 10.0. The average Bonchev–Trinajstić information content (AvgIpc) is 3.19. The van der Waals surface area contributed by atoms with Gasteiger partial charge in [-0.3, -0.25) is 4.79 Å². The van der Waals surface area contributed by atoms with E-state index in [1.807, 2.05) is 19.1 Å². The van der Waals surface area contributed by atoms with Gasteiger partial charge in [-0.2, -0.15) is 5.10 Å². The number of hydrogen-bond acceptors (Lipinski definition) is 6. The highest BCUT2D eigenvalue weighted by molar-refractivity contribution is 7.89. The maximum Gasteiger partial charge on any atom is 0.258 e. The molecular weight excluding hydrogens is 466 g/mol. The number of carbonyl (C=O) groups excluding carboxylic acids is 1. The normalized spacial score (nSPS) is 12.5. The van der Waals surface area contributed by atoms with Crippen molar-refractivity contribution in [2.45, 2.75) is 37.8 Å². The first-order valence-corrected chi connectivity index (χ1v) is 12.3. The van der Waals surface area contributed by atoms with E-state index < -0.39 is 16.1 Å². The quantitative estimate of drug-likeness (QED) is 0.400. The number of hydrogen-bond donors (Lipinski definition) is 3. The van der Waals surface area contributed by atoms with E-state index in [9.17, 15) is 13.2 Å². The second-order valence-electron chi connectivity index (χ2n) is 7.40. The number of pyridine rings is 1. The van der Waals surface area contributed by atoms with Gasteiger partial charge in [-0.1, -0.05) is 24.9 Å². The molecule has 1 unspecified atom stereocenters. The highest BCUT2D eigenvalue weighted by Gasteiger charge is 2.22. The zero-order chi connectivity index (χ0) is 24.0. The molecule has 1 amide bonds. The summed E-state index contributed by atoms with van der Waals surface area (Å²) >= 11 is 5.95. The smallest absolute Gasteiger partial charge is 0.258 e. The number of aliphatic hydroxyl groups excluding tert-OH is 1. The van der Waals surface area contributed by atoms with Gasteiger partial charge in [0.15, 0.2) is 5.03 Å². The van der Waals surface area contributed by atoms with Crippen LogP contribution in [0.15, 0.2) is 53.8 Å². The van der Waals surface area contributed by atoms with Gasteiger partial charge >= 0.3 is 0 Å². The lowest BCUT2D eigenvalue weighted by molar-refractivity contribution is 0.0933. The van der Waals surface area contributed by atoms with Crippen molar-refractivity contribution in [3.8, 4) is 5.69 Å². The van der Waals surface area contributed by atoms with Crippen molar-refractivity contribution < 1.29 is 18.3 Å². The molecule has 3 rings (SSSR count). The SMILES string of the molecule is CCCC(NC(=O)c1cnn(-c2ccc(Cl)cc2)c1C)c1ccnc(S(=O)(=O)NCCO)c1. The number of aliphatic hydroxyl groups is 1. The first kappa shape index (κ1) is 24.8. The summed E-state index contributed by atoms with van der Waals surface area (Å²) in [5, 5.41) is 16.7. The van der Waals surface area contributed by atoms with Gasteiger partial charge in [0, 0.05) is 17.8 Å². The minimum absolute atomic E-state index is 0.111. The summed E-state index contributed by atoms with van der Waals surface area (Å²) in [4.78, 5) is 17.0. The van der Waals surface area contributed by atoms with Gasteiger partial charge in [-0.05, 0) is 55.3 Å². The summed E-state index contributed by atoms with van der Waals surface area (Å²) in [5.74, 6) is -0.314. The third-order valence-corrected chi connectivity index (χ3v) is 6.66. The molecule has 0 bridgehead atoms. The van der Waals surface area contributed by atoms with Crippen molar-refractivity contribution in [3.05, 3.63) is 70.6 Å². The molecule has 2 aromatic heterocycles. The number of nitrogens with zero attached hydrogens (tertiary/aromatic N) is 3. The minimum atomic E-state index is -3.87. The van der Waals surface area contributed by atoms with Crippen LogP contribution in [0.1, 0.15) is 47.4 Å². The van der Waals surface area contributed by atoms with Crippen LogP contribution in [0.4, 0.5) is 0 Å². The lowest BCUT2D eigenvalue weighted by Gasteiger charge is -2.19. The summed E-state index contributed by atoms with van der Waals surface area (Å²) in [6.07, 6.45) is 4.26. The van der Waals surface area contributed by atoms with Gasteiger partial charge in [0.25, 0.3) is 15.9 Å². The predicted molar refractivity (Wildman–Crippen MR) is 125 cm³/mol. The number of carbonyl (C=O) groups is 1. The van der Waals surface area contributed by atoms with Gasteiger partial charge < -0.3 is 10.4 Å². The van der Waals surface area contributed by atoms with Crippen molar-refractivity contribution in [1.82, 2.24) is 24.8 Å². The van der Waals surface area contributed by atoms with Crippen molar-refractivity contribution in [1.29, 1.82) is 0 Å². The number of benzene rings is 1. The molecule has 0 radical (unpaired) electrons. The van der Waals surface area contributed by atoms with Crippen LogP contribution < -0.4 is 10.0 Å². The van der Waals surface area contributed by atoms with Gasteiger partial charge in [-0.15, -0.1) is 0 Å². The fourth-order valence-corrected chi connectivity index (χ4v) is 4.49. The molecule has 1 atom stereocenters. The first-order chi connectivity index (χ1) is 15.8. The molecule has 0 spiro atoms. The van der Waals surface area contributed by atoms with Crippen molar-refractivity contribution >= 4 is 27.5 Å². The number of halogens is 1. The van der Waals surface area contributed by atoms with Crippen LogP contribution in [-0.2, 0) is 10.0 Å². The predicted octanol–water partition coefficient (Wildman–Crippen LogP) is 2.77. The van der Waals surface area contributed by atoms with Crippen LogP contribution in [0.3, 0.4) is 0 Å². The molecule has 0 aliphatic heterocycles. The van der Waals surface area contributed by atoms with Crippen LogP contribution in [0.2, 0.25) is 5.02 Å². The first-order valence-electron chi connectivity index (χ1n) is 10.4. The minimum Gasteiger partial charge on any atom is -0.395 e. The van der Waals surface area contributed by atoms with Crippen LogP contribution in [0.25, 0.3) is 5.69 Å². The van der Waals surface area contributed by atoms with E-state index in [4.69, 9.17) is 16.7 Å². The maximum atomic E-state index is 13.1. The molecule has 3 aromatic rings. The fraction of sp³-hybridized carbons (Fsp3) is 0.318. The molecule has 33 heavy (non-hydrogen) atoms. The Kier molecular flexibility index (Phi) is 8.20. The lowest BCUT2D eigenvalue weighted by Crippen LogP contribution is -2.30. The Morgan fingerprint density at radius 2 is 1.97 bits per heavy atom. The molecule has 176 valence electrons. The molecule has 9 nitrogen and oxygen atoms in total. The molecule has 1 aromatic carbocycles. The Morgan fingerprint density at radius 1 is 1.24 bits per heavy atom. The molecule has 2 heterocycles. The summed E-state index contributed by atoms with van der Waals surface area (Å²) in [6, 6.07) is 9.82. The molecule has 0 saturated heterocycles. The molecule has 0 saturated carbocycles. The molecule has 3 N–H and O–H groups in total. The van der Waals surface area contributed by atoms with Gasteiger partial charge in [0.05, 0.1) is 35.8 Å². The van der Waals surface area contributed by atoms with Crippen LogP contribution in [0.5, 0.6) is 0 Å². The highest BCUT2D eigenvalue weighted by Crippen LogP contribution is 2.22. The number of amides is 1. The number of aromatic nitrogens is 3. The Balaban J connectivity index is 1.84. The summed E-state index contributed by atoms with van der Waals surface area (Å²) < 4.78 is 28.7. The van der Waals surface area contributed by atoms with E-state index in [1.165, 1.54) is 18.5 Å². The summed E-state index contributed by atoms with van der Waals surface area (Å²) in [6.45, 7) is 3.34. The zero-order valence-corrected chi connectivity index (χ0v) is 19.9. The van der Waals surface area contributed by atoms with E-state index in [0.29, 0.717) is 28.3 Å². The Bertz CT molecular complexity index is 1210. The Labute approximate surface area is 197 Å². The van der Waals surface area contributed by atoms with Crippen molar-refractivity contribution in [2.24, 2.45) is 0 Å². The number of nitrogens with one attached hydrogen (secondary N) is 2. The van der Waals surface area contributed by atoms with E-state index in [1.54, 1.807) is 29.8 Å². The second kappa shape index (κ2) is 10.9. The number of rotatable bonds is 10. The van der Waals surface area contributed by atoms with Crippen molar-refractivity contribution in [3.63, 3.8) is 0 Å². The van der Waals surface area contributed by atoms with Crippen LogP contribution >= 0.6 is 11.6 Å². The second-order valence-corrected chi connectivity index (χ2v) is 9.55. The van der Waals surface area contributed by atoms with E-state index >= 15 is 0 Å². The molecular formula is C22H26ClN5O4S. The molecule has 0 aliphatic rings. The number of sulfonamides is 1. The molecule has 0 fully saturated rings. The monoisotopic (exact) mass is 491 g/mol. The molecule has 11 heteroatoms. The molecule has 0 aliphatic carbocycles.